The third kappa shape index (κ3) is 2.53. The number of rotatable bonds is 3. The lowest BCUT2D eigenvalue weighted by Gasteiger charge is -2.01. The molecule has 0 amide bonds. The summed E-state index contributed by atoms with van der Waals surface area (Å²) in [6.07, 6.45) is 1.47. The first-order chi connectivity index (χ1) is 10.2. The molecule has 7 heteroatoms. The van der Waals surface area contributed by atoms with Gasteiger partial charge in [-0.1, -0.05) is 5.16 Å². The Morgan fingerprint density at radius 3 is 2.71 bits per heavy atom. The maximum absolute atomic E-state index is 13.7. The summed E-state index contributed by atoms with van der Waals surface area (Å²) in [6, 6.07) is 7.29. The molecule has 0 saturated carbocycles. The largest absolute Gasteiger partial charge is 0.494 e. The van der Waals surface area contributed by atoms with Gasteiger partial charge in [-0.3, -0.25) is 4.79 Å². The Kier molecular flexibility index (Phi) is 3.23. The van der Waals surface area contributed by atoms with E-state index in [1.165, 1.54) is 31.5 Å². The average molecular weight is 287 g/mol. The van der Waals surface area contributed by atoms with Crippen molar-refractivity contribution in [2.75, 3.05) is 7.11 Å². The summed E-state index contributed by atoms with van der Waals surface area (Å²) in [5.41, 5.74) is 0.811. The summed E-state index contributed by atoms with van der Waals surface area (Å²) in [6.45, 7) is 0. The minimum atomic E-state index is -0.509. The third-order valence-corrected chi connectivity index (χ3v) is 2.87. The first-order valence-electron chi connectivity index (χ1n) is 6.04. The van der Waals surface area contributed by atoms with Crippen LogP contribution in [0.25, 0.3) is 22.8 Å². The van der Waals surface area contributed by atoms with Gasteiger partial charge in [0.25, 0.3) is 5.89 Å². The first kappa shape index (κ1) is 13.0. The Bertz CT molecular complexity index is 821. The highest BCUT2D eigenvalue weighted by atomic mass is 19.1. The second-order valence-electron chi connectivity index (χ2n) is 4.21. The van der Waals surface area contributed by atoms with Gasteiger partial charge in [0.15, 0.2) is 11.6 Å². The van der Waals surface area contributed by atoms with Gasteiger partial charge in [-0.2, -0.15) is 4.98 Å². The molecule has 1 aromatic carbocycles. The lowest BCUT2D eigenvalue weighted by Crippen LogP contribution is -2.01. The van der Waals surface area contributed by atoms with Crippen molar-refractivity contribution in [3.05, 3.63) is 52.7 Å². The zero-order valence-electron chi connectivity index (χ0n) is 11.0. The van der Waals surface area contributed by atoms with Crippen molar-refractivity contribution in [2.24, 2.45) is 0 Å². The average Bonchev–Trinajstić information content (AvgIpc) is 2.98. The van der Waals surface area contributed by atoms with Gasteiger partial charge in [-0.15, -0.1) is 0 Å². The molecule has 0 spiro atoms. The lowest BCUT2D eigenvalue weighted by molar-refractivity contribution is 0.386. The zero-order chi connectivity index (χ0) is 14.8. The predicted molar refractivity (Wildman–Crippen MR) is 72.3 cm³/mol. The number of hydrogen-bond acceptors (Lipinski definition) is 5. The monoisotopic (exact) mass is 287 g/mol. The van der Waals surface area contributed by atoms with E-state index in [1.54, 1.807) is 12.1 Å². The molecule has 106 valence electrons. The Morgan fingerprint density at radius 2 is 2.05 bits per heavy atom. The van der Waals surface area contributed by atoms with Crippen molar-refractivity contribution in [1.29, 1.82) is 0 Å². The van der Waals surface area contributed by atoms with Crippen LogP contribution in [0.15, 0.2) is 45.8 Å². The molecule has 0 unspecified atom stereocenters. The fourth-order valence-corrected chi connectivity index (χ4v) is 1.81. The van der Waals surface area contributed by atoms with E-state index in [-0.39, 0.29) is 23.0 Å². The van der Waals surface area contributed by atoms with Crippen molar-refractivity contribution in [1.82, 2.24) is 15.1 Å². The minimum Gasteiger partial charge on any atom is -0.494 e. The lowest BCUT2D eigenvalue weighted by atomic mass is 10.2. The second kappa shape index (κ2) is 5.20. The van der Waals surface area contributed by atoms with E-state index in [0.717, 1.165) is 0 Å². The Labute approximate surface area is 118 Å². The molecule has 0 radical (unpaired) electrons. The van der Waals surface area contributed by atoms with Gasteiger partial charge in [-0.25, -0.2) is 4.39 Å². The minimum absolute atomic E-state index is 0.142. The quantitative estimate of drug-likeness (QED) is 0.799. The molecular formula is C14H10FN3O3. The summed E-state index contributed by atoms with van der Waals surface area (Å²) < 4.78 is 23.6. The van der Waals surface area contributed by atoms with Crippen LogP contribution in [0.5, 0.6) is 5.75 Å². The zero-order valence-corrected chi connectivity index (χ0v) is 11.0. The van der Waals surface area contributed by atoms with Crippen LogP contribution < -0.4 is 10.3 Å². The summed E-state index contributed by atoms with van der Waals surface area (Å²) in [7, 11) is 1.39. The maximum Gasteiger partial charge on any atom is 0.259 e. The van der Waals surface area contributed by atoms with Crippen molar-refractivity contribution in [3.63, 3.8) is 0 Å². The number of benzene rings is 1. The number of ether oxygens (including phenoxy) is 1. The maximum atomic E-state index is 13.7. The molecule has 0 fully saturated rings. The van der Waals surface area contributed by atoms with Crippen molar-refractivity contribution >= 4 is 0 Å². The topological polar surface area (TPSA) is 81.0 Å². The Hall–Kier alpha value is -2.96. The van der Waals surface area contributed by atoms with Crippen LogP contribution in [-0.2, 0) is 0 Å². The number of H-pyrrole nitrogens is 1. The number of aromatic amines is 1. The van der Waals surface area contributed by atoms with Gasteiger partial charge in [0.05, 0.1) is 12.7 Å². The number of halogens is 1. The predicted octanol–water partition coefficient (Wildman–Crippen LogP) is 2.24. The molecule has 2 heterocycles. The highest BCUT2D eigenvalue weighted by Crippen LogP contribution is 2.25. The molecule has 0 bridgehead atoms. The molecule has 21 heavy (non-hydrogen) atoms. The third-order valence-electron chi connectivity index (χ3n) is 2.87. The van der Waals surface area contributed by atoms with Crippen LogP contribution in [0.4, 0.5) is 4.39 Å². The fraction of sp³-hybridized carbons (Fsp3) is 0.0714. The molecular weight excluding hydrogens is 277 g/mol. The van der Waals surface area contributed by atoms with Gasteiger partial charge in [0, 0.05) is 17.8 Å². The summed E-state index contributed by atoms with van der Waals surface area (Å²) >= 11 is 0. The normalized spacial score (nSPS) is 10.6. The highest BCUT2D eigenvalue weighted by Gasteiger charge is 2.12. The number of nitrogens with zero attached hydrogens (tertiary/aromatic N) is 2. The van der Waals surface area contributed by atoms with Crippen molar-refractivity contribution in [3.8, 4) is 28.6 Å². The SMILES string of the molecule is COc1ccc(-c2noc(-c3ccc(=O)[nH]c3)n2)cc1F. The van der Waals surface area contributed by atoms with Crippen LogP contribution in [0, 0.1) is 5.82 Å². The van der Waals surface area contributed by atoms with Crippen LogP contribution in [0.2, 0.25) is 0 Å². The van der Waals surface area contributed by atoms with Gasteiger partial charge in [-0.05, 0) is 24.3 Å². The standard InChI is InChI=1S/C14H10FN3O3/c1-20-11-4-2-8(6-10(11)15)13-17-14(21-18-13)9-3-5-12(19)16-7-9/h2-7H,1H3,(H,16,19). The van der Waals surface area contributed by atoms with E-state index in [0.29, 0.717) is 11.1 Å². The van der Waals surface area contributed by atoms with E-state index in [2.05, 4.69) is 15.1 Å². The first-order valence-corrected chi connectivity index (χ1v) is 6.04. The van der Waals surface area contributed by atoms with Gasteiger partial charge < -0.3 is 14.2 Å². The van der Waals surface area contributed by atoms with E-state index in [9.17, 15) is 9.18 Å². The summed E-state index contributed by atoms with van der Waals surface area (Å²) in [5, 5.41) is 3.80. The number of pyridine rings is 1. The van der Waals surface area contributed by atoms with E-state index in [1.807, 2.05) is 0 Å². The van der Waals surface area contributed by atoms with E-state index >= 15 is 0 Å². The molecule has 0 aliphatic carbocycles. The van der Waals surface area contributed by atoms with E-state index in [4.69, 9.17) is 9.26 Å². The fourth-order valence-electron chi connectivity index (χ4n) is 1.81. The Morgan fingerprint density at radius 1 is 1.24 bits per heavy atom. The molecule has 2 aromatic heterocycles. The number of aromatic nitrogens is 3. The van der Waals surface area contributed by atoms with Gasteiger partial charge in [0.2, 0.25) is 11.4 Å². The van der Waals surface area contributed by atoms with Gasteiger partial charge in [0.1, 0.15) is 0 Å². The molecule has 6 nitrogen and oxygen atoms in total. The second-order valence-corrected chi connectivity index (χ2v) is 4.21. The molecule has 3 rings (SSSR count). The molecule has 0 atom stereocenters. The Balaban J connectivity index is 1.96. The van der Waals surface area contributed by atoms with Crippen LogP contribution >= 0.6 is 0 Å². The van der Waals surface area contributed by atoms with E-state index < -0.39 is 5.82 Å². The molecule has 3 aromatic rings. The van der Waals surface area contributed by atoms with Crippen LogP contribution in [0.3, 0.4) is 0 Å². The van der Waals surface area contributed by atoms with Gasteiger partial charge >= 0.3 is 0 Å². The van der Waals surface area contributed by atoms with Crippen molar-refractivity contribution in [2.45, 2.75) is 0 Å². The smallest absolute Gasteiger partial charge is 0.259 e. The molecule has 0 aliphatic rings. The molecule has 1 N–H and O–H groups in total. The van der Waals surface area contributed by atoms with Crippen LogP contribution in [-0.4, -0.2) is 22.2 Å². The number of methoxy groups -OCH3 is 1. The van der Waals surface area contributed by atoms with Crippen LogP contribution in [0.1, 0.15) is 0 Å². The number of hydrogen-bond donors (Lipinski definition) is 1. The molecule has 0 aliphatic heterocycles. The summed E-state index contributed by atoms with van der Waals surface area (Å²) in [5.74, 6) is 0.115. The molecule has 0 saturated heterocycles. The van der Waals surface area contributed by atoms with Crippen molar-refractivity contribution < 1.29 is 13.7 Å². The summed E-state index contributed by atoms with van der Waals surface area (Å²) in [4.78, 5) is 17.7. The highest BCUT2D eigenvalue weighted by molar-refractivity contribution is 5.60. The number of nitrogens with one attached hydrogen (secondary N) is 1.